The van der Waals surface area contributed by atoms with Crippen LogP contribution >= 0.6 is 11.6 Å². The summed E-state index contributed by atoms with van der Waals surface area (Å²) in [5, 5.41) is 11.7. The molecule has 7 nitrogen and oxygen atoms in total. The van der Waals surface area contributed by atoms with Crippen LogP contribution < -0.4 is 9.80 Å². The van der Waals surface area contributed by atoms with Gasteiger partial charge in [0.05, 0.1) is 22.1 Å². The third kappa shape index (κ3) is 5.70. The van der Waals surface area contributed by atoms with E-state index in [1.54, 1.807) is 41.7 Å². The summed E-state index contributed by atoms with van der Waals surface area (Å²) >= 11 is 6.57. The quantitative estimate of drug-likeness (QED) is 0.295. The summed E-state index contributed by atoms with van der Waals surface area (Å²) in [6, 6.07) is 10.2. The van der Waals surface area contributed by atoms with Crippen LogP contribution in [0, 0.1) is 12.7 Å². The molecule has 0 aliphatic carbocycles. The summed E-state index contributed by atoms with van der Waals surface area (Å²) in [6.07, 6.45) is 9.19. The Bertz CT molecular complexity index is 1510. The molecule has 42 heavy (non-hydrogen) atoms. The number of hydrogen-bond donors (Lipinski definition) is 1. The van der Waals surface area contributed by atoms with E-state index in [9.17, 15) is 9.90 Å². The molecule has 0 radical (unpaired) electrons. The Labute approximate surface area is 252 Å². The first-order valence-corrected chi connectivity index (χ1v) is 14.8. The van der Waals surface area contributed by atoms with Gasteiger partial charge in [0, 0.05) is 74.1 Å². The maximum absolute atomic E-state index is 15.1. The van der Waals surface area contributed by atoms with Gasteiger partial charge in [-0.1, -0.05) is 17.7 Å². The number of aromatic nitrogens is 1. The summed E-state index contributed by atoms with van der Waals surface area (Å²) in [7, 11) is 3.69. The van der Waals surface area contributed by atoms with E-state index in [2.05, 4.69) is 28.6 Å². The molecular formula is C33H39ClFN5O2. The van der Waals surface area contributed by atoms with Crippen molar-refractivity contribution < 1.29 is 14.3 Å². The number of phenols is 1. The topological polar surface area (TPSA) is 63.2 Å². The van der Waals surface area contributed by atoms with E-state index in [-0.39, 0.29) is 16.3 Å². The molecule has 1 amide bonds. The van der Waals surface area contributed by atoms with E-state index in [0.29, 0.717) is 40.4 Å². The average Bonchev–Trinajstić information content (AvgIpc) is 3.57. The lowest BCUT2D eigenvalue weighted by Gasteiger charge is -2.38. The normalized spacial score (nSPS) is 19.0. The molecule has 9 heteroatoms. The molecule has 1 unspecified atom stereocenters. The van der Waals surface area contributed by atoms with Crippen molar-refractivity contribution in [3.05, 3.63) is 71.5 Å². The molecule has 3 heterocycles. The van der Waals surface area contributed by atoms with Crippen molar-refractivity contribution in [2.24, 2.45) is 0 Å². The van der Waals surface area contributed by atoms with Crippen LogP contribution in [0.15, 0.2) is 55.0 Å². The van der Waals surface area contributed by atoms with E-state index in [1.165, 1.54) is 29.9 Å². The molecule has 1 N–H and O–H groups in total. The van der Waals surface area contributed by atoms with Gasteiger partial charge < -0.3 is 14.9 Å². The van der Waals surface area contributed by atoms with E-state index >= 15 is 4.39 Å². The van der Waals surface area contributed by atoms with Gasteiger partial charge in [-0.2, -0.15) is 0 Å². The molecule has 2 aliphatic heterocycles. The first-order chi connectivity index (χ1) is 20.0. The maximum Gasteiger partial charge on any atom is 0.218 e. The molecule has 3 aromatic rings. The number of amides is 1. The molecule has 5 rings (SSSR count). The van der Waals surface area contributed by atoms with E-state index in [1.807, 2.05) is 27.1 Å². The number of nitrogens with zero attached hydrogens (tertiary/aromatic N) is 5. The minimum Gasteiger partial charge on any atom is -0.507 e. The number of carbonyl (C=O) groups is 1. The van der Waals surface area contributed by atoms with Gasteiger partial charge in [0.2, 0.25) is 6.41 Å². The highest BCUT2D eigenvalue weighted by atomic mass is 35.5. The SMILES string of the molecule is Cc1ncc(-c2cc(F)cc(-c3ccc(N(C=O)/C=C\N(C)C)c(Cl)c3)c2O)cc1N1CCC2(CCCN2C(C)C)C1. The third-order valence-corrected chi connectivity index (χ3v) is 8.87. The van der Waals surface area contributed by atoms with Crippen LogP contribution in [0.2, 0.25) is 5.02 Å². The van der Waals surface area contributed by atoms with E-state index < -0.39 is 5.82 Å². The largest absolute Gasteiger partial charge is 0.507 e. The fourth-order valence-corrected chi connectivity index (χ4v) is 6.83. The minimum atomic E-state index is -0.484. The fourth-order valence-electron chi connectivity index (χ4n) is 6.56. The van der Waals surface area contributed by atoms with Crippen molar-refractivity contribution >= 4 is 29.4 Å². The second kappa shape index (κ2) is 11.9. The van der Waals surface area contributed by atoms with Crippen molar-refractivity contribution in [1.29, 1.82) is 0 Å². The number of halogens is 2. The van der Waals surface area contributed by atoms with Crippen LogP contribution in [0.5, 0.6) is 5.75 Å². The number of phenolic OH excluding ortho intramolecular Hbond substituents is 1. The van der Waals surface area contributed by atoms with Crippen molar-refractivity contribution in [2.75, 3.05) is 43.5 Å². The lowest BCUT2D eigenvalue weighted by atomic mass is 9.94. The number of aryl methyl sites for hydroxylation is 1. The average molecular weight is 592 g/mol. The Morgan fingerprint density at radius 1 is 1.07 bits per heavy atom. The van der Waals surface area contributed by atoms with Gasteiger partial charge in [-0.25, -0.2) is 4.39 Å². The van der Waals surface area contributed by atoms with Crippen molar-refractivity contribution in [3.63, 3.8) is 0 Å². The van der Waals surface area contributed by atoms with Crippen LogP contribution in [-0.2, 0) is 4.79 Å². The maximum atomic E-state index is 15.1. The van der Waals surface area contributed by atoms with Gasteiger partial charge in [0.1, 0.15) is 11.6 Å². The van der Waals surface area contributed by atoms with Gasteiger partial charge in [0.15, 0.2) is 0 Å². The number of likely N-dealkylation sites (tertiary alicyclic amines) is 1. The highest BCUT2D eigenvalue weighted by molar-refractivity contribution is 6.34. The molecule has 0 saturated carbocycles. The fraction of sp³-hybridized carbons (Fsp3) is 0.394. The van der Waals surface area contributed by atoms with Gasteiger partial charge in [-0.3, -0.25) is 19.6 Å². The van der Waals surface area contributed by atoms with E-state index in [4.69, 9.17) is 11.6 Å². The predicted molar refractivity (Wildman–Crippen MR) is 168 cm³/mol. The number of pyridine rings is 1. The first kappa shape index (κ1) is 29.9. The van der Waals surface area contributed by atoms with Crippen LogP contribution in [-0.4, -0.2) is 71.6 Å². The van der Waals surface area contributed by atoms with Gasteiger partial charge in [-0.15, -0.1) is 0 Å². The van der Waals surface area contributed by atoms with Crippen LogP contribution in [0.4, 0.5) is 15.8 Å². The Kier molecular flexibility index (Phi) is 8.49. The van der Waals surface area contributed by atoms with Gasteiger partial charge in [-0.05, 0) is 82.5 Å². The third-order valence-electron chi connectivity index (χ3n) is 8.57. The zero-order valence-electron chi connectivity index (χ0n) is 24.9. The summed E-state index contributed by atoms with van der Waals surface area (Å²) in [5.41, 5.74) is 4.41. The summed E-state index contributed by atoms with van der Waals surface area (Å²) in [4.78, 5) is 24.6. The van der Waals surface area contributed by atoms with Gasteiger partial charge in [0.25, 0.3) is 0 Å². The van der Waals surface area contributed by atoms with Crippen LogP contribution in [0.1, 0.15) is 38.8 Å². The Hall–Kier alpha value is -3.62. The Morgan fingerprint density at radius 3 is 2.48 bits per heavy atom. The molecule has 0 bridgehead atoms. The highest BCUT2D eigenvalue weighted by Crippen LogP contribution is 2.44. The monoisotopic (exact) mass is 591 g/mol. The number of rotatable bonds is 8. The molecule has 1 spiro atoms. The van der Waals surface area contributed by atoms with Gasteiger partial charge >= 0.3 is 0 Å². The number of aromatic hydroxyl groups is 1. The Morgan fingerprint density at radius 2 is 1.81 bits per heavy atom. The predicted octanol–water partition coefficient (Wildman–Crippen LogP) is 6.67. The molecule has 222 valence electrons. The highest BCUT2D eigenvalue weighted by Gasteiger charge is 2.47. The second-order valence-corrected chi connectivity index (χ2v) is 12.3. The summed E-state index contributed by atoms with van der Waals surface area (Å²) in [5.74, 6) is -0.543. The number of carbonyl (C=O) groups excluding carboxylic acids is 1. The molecular weight excluding hydrogens is 553 g/mol. The Balaban J connectivity index is 1.48. The van der Waals surface area contributed by atoms with Crippen molar-refractivity contribution in [2.45, 2.75) is 51.6 Å². The summed E-state index contributed by atoms with van der Waals surface area (Å²) < 4.78 is 15.1. The van der Waals surface area contributed by atoms with E-state index in [0.717, 1.165) is 37.4 Å². The summed E-state index contributed by atoms with van der Waals surface area (Å²) in [6.45, 7) is 9.54. The van der Waals surface area contributed by atoms with Crippen LogP contribution in [0.25, 0.3) is 22.3 Å². The molecule has 2 aromatic carbocycles. The lowest BCUT2D eigenvalue weighted by Crippen LogP contribution is -2.49. The number of benzene rings is 2. The molecule has 2 aliphatic rings. The molecule has 2 fully saturated rings. The van der Waals surface area contributed by atoms with Crippen molar-refractivity contribution in [1.82, 2.24) is 14.8 Å². The molecule has 1 aromatic heterocycles. The molecule has 2 saturated heterocycles. The molecule has 1 atom stereocenters. The van der Waals surface area contributed by atoms with Crippen molar-refractivity contribution in [3.8, 4) is 28.0 Å². The number of anilines is 2. The lowest BCUT2D eigenvalue weighted by molar-refractivity contribution is -0.106. The number of hydrogen-bond acceptors (Lipinski definition) is 6. The van der Waals surface area contributed by atoms with Crippen LogP contribution in [0.3, 0.4) is 0 Å². The second-order valence-electron chi connectivity index (χ2n) is 11.9. The zero-order chi connectivity index (χ0) is 30.2. The first-order valence-electron chi connectivity index (χ1n) is 14.4. The smallest absolute Gasteiger partial charge is 0.218 e. The zero-order valence-corrected chi connectivity index (χ0v) is 25.7. The minimum absolute atomic E-state index is 0.0590. The standard InChI is InChI=1S/C33H39ClFN5O2/c1-22(2)40-11-6-9-33(40)10-12-38(20-33)31-16-25(19-36-23(31)3)28-18-26(35)17-27(32(28)42)24-7-8-30(29(34)15-24)39(21-41)14-13-37(4)5/h7-8,13-19,21-22,42H,6,9-12,20H2,1-5H3/b14-13-.